The number of carboxylic acid groups (broad SMARTS) is 2. The van der Waals surface area contributed by atoms with Crippen molar-refractivity contribution in [2.24, 2.45) is 0 Å². The minimum absolute atomic E-state index is 0.0343. The van der Waals surface area contributed by atoms with Crippen molar-refractivity contribution in [2.75, 3.05) is 19.7 Å². The first-order valence-corrected chi connectivity index (χ1v) is 12.4. The van der Waals surface area contributed by atoms with Crippen LogP contribution in [-0.4, -0.2) is 80.8 Å². The third kappa shape index (κ3) is 11.4. The number of aliphatic carboxylic acids is 2. The van der Waals surface area contributed by atoms with Gasteiger partial charge in [0, 0.05) is 36.4 Å². The van der Waals surface area contributed by atoms with E-state index in [1.165, 1.54) is 17.0 Å². The number of piperidine rings is 1. The van der Waals surface area contributed by atoms with E-state index in [1.54, 1.807) is 11.3 Å². The maximum absolute atomic E-state index is 10.6. The Bertz CT molecular complexity index is 1040. The van der Waals surface area contributed by atoms with Gasteiger partial charge in [0.25, 0.3) is 0 Å². The van der Waals surface area contributed by atoms with Crippen LogP contribution in [0.1, 0.15) is 35.5 Å². The largest absolute Gasteiger partial charge is 0.490 e. The van der Waals surface area contributed by atoms with E-state index >= 15 is 0 Å². The third-order valence-corrected chi connectivity index (χ3v) is 6.49. The van der Waals surface area contributed by atoms with Crippen LogP contribution in [-0.2, 0) is 32.2 Å². The molecule has 2 aliphatic heterocycles. The van der Waals surface area contributed by atoms with Gasteiger partial charge in [0.2, 0.25) is 0 Å². The maximum Gasteiger partial charge on any atom is 0.490 e. The molecule has 4 heterocycles. The second-order valence-electron chi connectivity index (χ2n) is 8.79. The maximum atomic E-state index is 10.6. The Balaban J connectivity index is 0.000000317. The molecule has 218 valence electrons. The van der Waals surface area contributed by atoms with Crippen LogP contribution in [0, 0.1) is 6.92 Å². The fourth-order valence-corrected chi connectivity index (χ4v) is 4.69. The molecule has 1 spiro atoms. The van der Waals surface area contributed by atoms with Crippen molar-refractivity contribution in [1.82, 2.24) is 14.9 Å². The smallest absolute Gasteiger partial charge is 0.475 e. The summed E-state index contributed by atoms with van der Waals surface area (Å²) in [6, 6.07) is 4.01. The predicted molar refractivity (Wildman–Crippen MR) is 125 cm³/mol. The molecule has 2 N–H and O–H groups in total. The average molecular weight is 588 g/mol. The molecule has 2 aliphatic rings. The van der Waals surface area contributed by atoms with Gasteiger partial charge in [0.1, 0.15) is 5.01 Å². The van der Waals surface area contributed by atoms with Crippen molar-refractivity contribution in [2.45, 2.75) is 63.4 Å². The Morgan fingerprint density at radius 3 is 2.26 bits per heavy atom. The van der Waals surface area contributed by atoms with E-state index < -0.39 is 24.3 Å². The number of aromatic nitrogens is 2. The number of hydrogen-bond donors (Lipinski definition) is 2. The summed E-state index contributed by atoms with van der Waals surface area (Å²) in [5.41, 5.74) is 2.25. The zero-order chi connectivity index (χ0) is 29.3. The number of thiazole rings is 1. The van der Waals surface area contributed by atoms with Gasteiger partial charge in [-0.2, -0.15) is 26.3 Å². The summed E-state index contributed by atoms with van der Waals surface area (Å²) in [4.78, 5) is 28.9. The molecule has 0 bridgehead atoms. The summed E-state index contributed by atoms with van der Waals surface area (Å²) in [6.45, 7) is 6.45. The summed E-state index contributed by atoms with van der Waals surface area (Å²) in [7, 11) is 0. The van der Waals surface area contributed by atoms with E-state index in [9.17, 15) is 26.3 Å². The monoisotopic (exact) mass is 587 g/mol. The van der Waals surface area contributed by atoms with Gasteiger partial charge in [-0.1, -0.05) is 0 Å². The molecule has 2 aromatic heterocycles. The number of likely N-dealkylation sites (tertiary alicyclic amines) is 1. The molecule has 2 aromatic rings. The van der Waals surface area contributed by atoms with Crippen molar-refractivity contribution in [3.63, 3.8) is 0 Å². The van der Waals surface area contributed by atoms with Gasteiger partial charge in [-0.3, -0.25) is 9.88 Å². The second-order valence-corrected chi connectivity index (χ2v) is 9.73. The molecule has 4 rings (SSSR count). The predicted octanol–water partition coefficient (Wildman–Crippen LogP) is 4.45. The number of halogens is 6. The van der Waals surface area contributed by atoms with Crippen molar-refractivity contribution in [3.8, 4) is 0 Å². The summed E-state index contributed by atoms with van der Waals surface area (Å²) in [5.74, 6) is -5.51. The van der Waals surface area contributed by atoms with Crippen LogP contribution in [0.4, 0.5) is 26.3 Å². The van der Waals surface area contributed by atoms with Crippen molar-refractivity contribution < 1.29 is 55.6 Å². The molecule has 16 heteroatoms. The minimum atomic E-state index is -5.08. The molecule has 0 amide bonds. The van der Waals surface area contributed by atoms with Gasteiger partial charge in [0.05, 0.1) is 31.5 Å². The number of pyridine rings is 1. The lowest BCUT2D eigenvalue weighted by Gasteiger charge is -2.39. The molecule has 39 heavy (non-hydrogen) atoms. The van der Waals surface area contributed by atoms with Crippen molar-refractivity contribution in [3.05, 3.63) is 46.2 Å². The number of rotatable bonds is 5. The summed E-state index contributed by atoms with van der Waals surface area (Å²) >= 11 is 1.76. The van der Waals surface area contributed by atoms with Gasteiger partial charge in [0.15, 0.2) is 0 Å². The van der Waals surface area contributed by atoms with Crippen molar-refractivity contribution >= 4 is 23.3 Å². The minimum Gasteiger partial charge on any atom is -0.475 e. The SMILES string of the molecule is Cc1csc(CN2CCC[C@]3(C[C@H](OCc4ccncc4)CO3)C2)n1.O=C(O)C(F)(F)F.O=C(O)C(F)(F)F. The molecule has 2 atom stereocenters. The molecule has 2 fully saturated rings. The van der Waals surface area contributed by atoms with Crippen LogP contribution in [0.5, 0.6) is 0 Å². The highest BCUT2D eigenvalue weighted by Gasteiger charge is 2.44. The molecular weight excluding hydrogens is 560 g/mol. The topological polar surface area (TPSA) is 122 Å². The van der Waals surface area contributed by atoms with Gasteiger partial charge in [-0.25, -0.2) is 14.6 Å². The molecule has 0 aromatic carbocycles. The zero-order valence-electron chi connectivity index (χ0n) is 20.7. The second kappa shape index (κ2) is 14.0. The highest BCUT2D eigenvalue weighted by molar-refractivity contribution is 7.09. The number of hydrogen-bond acceptors (Lipinski definition) is 8. The Morgan fingerprint density at radius 2 is 1.74 bits per heavy atom. The van der Waals surface area contributed by atoms with E-state index in [-0.39, 0.29) is 11.7 Å². The van der Waals surface area contributed by atoms with Crippen LogP contribution in [0.2, 0.25) is 0 Å². The van der Waals surface area contributed by atoms with Gasteiger partial charge < -0.3 is 19.7 Å². The Labute approximate surface area is 223 Å². The number of ether oxygens (including phenoxy) is 2. The number of nitrogens with zero attached hydrogens (tertiary/aromatic N) is 3. The number of carbonyl (C=O) groups is 2. The van der Waals surface area contributed by atoms with Crippen molar-refractivity contribution in [1.29, 1.82) is 0 Å². The zero-order valence-corrected chi connectivity index (χ0v) is 21.5. The van der Waals surface area contributed by atoms with Crippen LogP contribution >= 0.6 is 11.3 Å². The van der Waals surface area contributed by atoms with E-state index in [0.29, 0.717) is 13.2 Å². The Kier molecular flexibility index (Phi) is 11.6. The Hall–Kier alpha value is -2.82. The van der Waals surface area contributed by atoms with E-state index in [0.717, 1.165) is 38.2 Å². The lowest BCUT2D eigenvalue weighted by molar-refractivity contribution is -0.193. The van der Waals surface area contributed by atoms with Crippen LogP contribution in [0.25, 0.3) is 0 Å². The fraction of sp³-hybridized carbons (Fsp3) is 0.565. The quantitative estimate of drug-likeness (QED) is 0.489. The number of alkyl halides is 6. The van der Waals surface area contributed by atoms with E-state index in [2.05, 4.69) is 27.2 Å². The Morgan fingerprint density at radius 1 is 1.15 bits per heavy atom. The molecule has 9 nitrogen and oxygen atoms in total. The lowest BCUT2D eigenvalue weighted by Crippen LogP contribution is -2.47. The highest BCUT2D eigenvalue weighted by Crippen LogP contribution is 2.36. The third-order valence-electron chi connectivity index (χ3n) is 5.54. The highest BCUT2D eigenvalue weighted by atomic mass is 32.1. The van der Waals surface area contributed by atoms with Crippen LogP contribution in [0.3, 0.4) is 0 Å². The first-order valence-electron chi connectivity index (χ1n) is 11.5. The molecule has 0 radical (unpaired) electrons. The van der Waals surface area contributed by atoms with E-state index in [1.807, 2.05) is 24.5 Å². The molecular formula is C23H27F6N3O6S. The van der Waals surface area contributed by atoms with E-state index in [4.69, 9.17) is 29.3 Å². The molecule has 0 unspecified atom stereocenters. The fourth-order valence-electron chi connectivity index (χ4n) is 3.88. The molecule has 0 saturated carbocycles. The standard InChI is InChI=1S/C19H25N3O2S.2C2HF3O2/c1-15-13-25-18(21-15)10-22-8-2-5-19(14-22)9-17(12-24-19)23-11-16-3-6-20-7-4-16;2*3-2(4,5)1(6)7/h3-4,6-7,13,17H,2,5,8-12,14H2,1H3;2*(H,6,7)/t17-,19-;;/m0../s1. The van der Waals surface area contributed by atoms with Crippen LogP contribution in [0.15, 0.2) is 29.9 Å². The summed E-state index contributed by atoms with van der Waals surface area (Å²) in [6.07, 6.45) is -3.05. The lowest BCUT2D eigenvalue weighted by atomic mass is 9.89. The molecule has 0 aliphatic carbocycles. The average Bonchev–Trinajstić information content (AvgIpc) is 3.43. The van der Waals surface area contributed by atoms with Crippen LogP contribution < -0.4 is 0 Å². The van der Waals surface area contributed by atoms with Gasteiger partial charge in [-0.05, 0) is 44.0 Å². The summed E-state index contributed by atoms with van der Waals surface area (Å²) < 4.78 is 75.8. The first kappa shape index (κ1) is 32.4. The summed E-state index contributed by atoms with van der Waals surface area (Å²) in [5, 5.41) is 17.6. The van der Waals surface area contributed by atoms with Gasteiger partial charge >= 0.3 is 24.3 Å². The number of carboxylic acids is 2. The number of aryl methyl sites for hydroxylation is 1. The first-order chi connectivity index (χ1) is 18.1. The normalized spacial score (nSPS) is 21.5. The molecule has 2 saturated heterocycles. The van der Waals surface area contributed by atoms with Gasteiger partial charge in [-0.15, -0.1) is 11.3 Å².